The Morgan fingerprint density at radius 2 is 1.71 bits per heavy atom. The summed E-state index contributed by atoms with van der Waals surface area (Å²) in [6.07, 6.45) is -1.11. The number of fused-ring (bicyclic) bond motifs is 3. The number of carbonyl (C=O) groups is 5. The first kappa shape index (κ1) is 36.0. The summed E-state index contributed by atoms with van der Waals surface area (Å²) in [5, 5.41) is 53.4. The molecule has 294 valence electrons. The first-order valence-electron chi connectivity index (χ1n) is 19.8. The molecule has 0 aromatic heterocycles. The Hall–Kier alpha value is -3.33. The molecule has 5 aliphatic carbocycles. The molecule has 13 nitrogen and oxygen atoms in total. The van der Waals surface area contributed by atoms with Crippen LogP contribution < -0.4 is 5.32 Å². The molecule has 10 aliphatic rings. The molecule has 3 spiro atoms. The number of aliphatic hydroxyl groups is 4. The number of aliphatic hydroxyl groups excluding tert-OH is 2. The molecule has 5 N–H and O–H groups in total. The largest absolute Gasteiger partial charge is 0.504 e. The van der Waals surface area contributed by atoms with Crippen molar-refractivity contribution in [3.8, 4) is 0 Å². The fraction of sp³-hybridized carbons (Fsp3) is 0.690. The molecular weight excluding hydrogens is 710 g/mol. The van der Waals surface area contributed by atoms with Crippen molar-refractivity contribution in [3.63, 3.8) is 0 Å². The molecule has 1 amide bonds. The zero-order valence-corrected chi connectivity index (χ0v) is 32.1. The second-order valence-corrected chi connectivity index (χ2v) is 18.9. The Morgan fingerprint density at radius 1 is 1.00 bits per heavy atom. The first-order valence-corrected chi connectivity index (χ1v) is 19.8. The van der Waals surface area contributed by atoms with Gasteiger partial charge in [-0.25, -0.2) is 0 Å². The van der Waals surface area contributed by atoms with Gasteiger partial charge in [0.15, 0.2) is 23.1 Å². The fourth-order valence-corrected chi connectivity index (χ4v) is 14.9. The summed E-state index contributed by atoms with van der Waals surface area (Å²) in [4.78, 5) is 76.2. The Morgan fingerprint density at radius 3 is 2.40 bits per heavy atom. The lowest BCUT2D eigenvalue weighted by Crippen LogP contribution is -2.84. The molecule has 1 saturated carbocycles. The van der Waals surface area contributed by atoms with Crippen LogP contribution in [0.2, 0.25) is 0 Å². The third kappa shape index (κ3) is 3.20. The normalized spacial score (nSPS) is 53.2. The predicted octanol–water partition coefficient (Wildman–Crippen LogP) is 1.73. The SMILES string of the molecule is CC1=CC2C=C(C)C(C)C3C(CC(C)C)NC(=O)C23C(=O)C2C3C(OC4(O)C(=O)C(O)=C(C)C56C2OC3C45C2(O)C(=O)C(C)=C3COCC36C2=O)C(O)CC1. The summed E-state index contributed by atoms with van der Waals surface area (Å²) in [5.74, 6) is -12.4. The number of hydrogen-bond donors (Lipinski definition) is 5. The van der Waals surface area contributed by atoms with E-state index in [0.717, 1.165) is 11.1 Å². The summed E-state index contributed by atoms with van der Waals surface area (Å²) in [6.45, 7) is 12.3. The Bertz CT molecular complexity index is 2100. The van der Waals surface area contributed by atoms with E-state index in [9.17, 15) is 30.0 Å². The summed E-state index contributed by atoms with van der Waals surface area (Å²) in [5.41, 5.74) is -9.56. The highest BCUT2D eigenvalue weighted by molar-refractivity contribution is 6.28. The van der Waals surface area contributed by atoms with Gasteiger partial charge < -0.3 is 40.0 Å². The van der Waals surface area contributed by atoms with Crippen LogP contribution in [0, 0.1) is 57.2 Å². The number of allylic oxidation sites excluding steroid dienone is 4. The number of hydrogen-bond acceptors (Lipinski definition) is 12. The van der Waals surface area contributed by atoms with Crippen LogP contribution in [0.5, 0.6) is 0 Å². The van der Waals surface area contributed by atoms with Crippen LogP contribution in [-0.2, 0) is 38.2 Å². The quantitative estimate of drug-likeness (QED) is 0.202. The van der Waals surface area contributed by atoms with Crippen molar-refractivity contribution in [2.24, 2.45) is 57.2 Å². The van der Waals surface area contributed by atoms with Crippen molar-refractivity contribution in [1.29, 1.82) is 0 Å². The third-order valence-corrected chi connectivity index (χ3v) is 16.7. The average molecular weight is 760 g/mol. The molecule has 13 heteroatoms. The number of carbonyl (C=O) groups excluding carboxylic acids is 5. The topological polar surface area (TPSA) is 206 Å². The van der Waals surface area contributed by atoms with Crippen molar-refractivity contribution in [2.75, 3.05) is 13.2 Å². The van der Waals surface area contributed by atoms with Gasteiger partial charge in [-0.3, -0.25) is 24.0 Å². The summed E-state index contributed by atoms with van der Waals surface area (Å²) in [6, 6.07) is -0.370. The van der Waals surface area contributed by atoms with E-state index in [4.69, 9.17) is 14.2 Å². The Labute approximate surface area is 318 Å². The van der Waals surface area contributed by atoms with Crippen molar-refractivity contribution < 1.29 is 58.6 Å². The van der Waals surface area contributed by atoms with E-state index in [-0.39, 0.29) is 47.6 Å². The van der Waals surface area contributed by atoms with E-state index in [1.807, 2.05) is 32.9 Å². The van der Waals surface area contributed by atoms with Crippen molar-refractivity contribution in [2.45, 2.75) is 110 Å². The van der Waals surface area contributed by atoms with Gasteiger partial charge in [0.1, 0.15) is 10.8 Å². The second kappa shape index (κ2) is 10.4. The molecular formula is C42H49NO12. The standard InChI is InChI=1S/C42H49NO12/c1-15(2)10-23-27-18(5)17(4)12-21-11-16(3)8-9-24(44)29-25-26(31(47)38(21,27)36(50)43-23)33-39-20(7)28(45)32(48)42(52,55-29)41(39,34(25)54-33)40(51)30(46)19(6)22-13-53-14-37(22,39)35(40)49/h11-12,15,18,21,23-27,29,33-34,44-45,51-52H,8-10,13-14H2,1-7H3,(H,43,50). The maximum Gasteiger partial charge on any atom is 0.256 e. The highest BCUT2D eigenvalue weighted by Gasteiger charge is 3.04. The molecule has 5 heterocycles. The van der Waals surface area contributed by atoms with Crippen molar-refractivity contribution in [3.05, 3.63) is 45.8 Å². The zero-order chi connectivity index (χ0) is 39.5. The maximum absolute atomic E-state index is 16.5. The number of Topliss-reactive ketones (excluding diaryl/α,β-unsaturated/α-hetero) is 4. The van der Waals surface area contributed by atoms with Gasteiger partial charge in [0.05, 0.1) is 54.4 Å². The smallest absolute Gasteiger partial charge is 0.256 e. The predicted molar refractivity (Wildman–Crippen MR) is 189 cm³/mol. The Balaban J connectivity index is 1.33. The van der Waals surface area contributed by atoms with Gasteiger partial charge in [0.2, 0.25) is 17.3 Å². The molecule has 16 atom stereocenters. The minimum atomic E-state index is -3.27. The number of nitrogens with one attached hydrogen (secondary N) is 1. The maximum atomic E-state index is 16.5. The summed E-state index contributed by atoms with van der Waals surface area (Å²) < 4.78 is 19.5. The van der Waals surface area contributed by atoms with Gasteiger partial charge in [-0.2, -0.15) is 0 Å². The van der Waals surface area contributed by atoms with Crippen LogP contribution >= 0.6 is 0 Å². The number of ketones is 4. The lowest BCUT2D eigenvalue weighted by molar-refractivity contribution is -0.379. The number of amides is 1. The summed E-state index contributed by atoms with van der Waals surface area (Å²) in [7, 11) is 0. The van der Waals surface area contributed by atoms with Gasteiger partial charge >= 0.3 is 0 Å². The first-order chi connectivity index (χ1) is 25.8. The molecule has 6 fully saturated rings. The lowest BCUT2D eigenvalue weighted by atomic mass is 9.36. The third-order valence-electron chi connectivity index (χ3n) is 16.7. The highest BCUT2D eigenvalue weighted by atomic mass is 16.7. The lowest BCUT2D eigenvalue weighted by Gasteiger charge is -2.67. The number of rotatable bonds is 2. The zero-order valence-electron chi connectivity index (χ0n) is 32.1. The summed E-state index contributed by atoms with van der Waals surface area (Å²) >= 11 is 0. The van der Waals surface area contributed by atoms with E-state index < -0.39 is 123 Å². The monoisotopic (exact) mass is 759 g/mol. The number of ether oxygens (including phenoxy) is 3. The molecule has 4 bridgehead atoms. The van der Waals surface area contributed by atoms with Crippen LogP contribution in [0.4, 0.5) is 0 Å². The minimum absolute atomic E-state index is 0.0230. The van der Waals surface area contributed by atoms with Gasteiger partial charge in [0, 0.05) is 23.8 Å². The van der Waals surface area contributed by atoms with Crippen molar-refractivity contribution in [1.82, 2.24) is 5.32 Å². The van der Waals surface area contributed by atoms with Crippen LogP contribution in [0.3, 0.4) is 0 Å². The van der Waals surface area contributed by atoms with E-state index in [1.54, 1.807) is 0 Å². The van der Waals surface area contributed by atoms with Gasteiger partial charge in [0.25, 0.3) is 5.78 Å². The molecule has 10 rings (SSSR count). The highest BCUT2D eigenvalue weighted by Crippen LogP contribution is 2.89. The molecule has 0 radical (unpaired) electrons. The van der Waals surface area contributed by atoms with Crippen LogP contribution in [0.25, 0.3) is 0 Å². The molecule has 0 aromatic carbocycles. The average Bonchev–Trinajstić information content (AvgIpc) is 3.91. The van der Waals surface area contributed by atoms with E-state index in [2.05, 4.69) is 19.2 Å². The van der Waals surface area contributed by atoms with Crippen LogP contribution in [0.1, 0.15) is 67.7 Å². The van der Waals surface area contributed by atoms with Gasteiger partial charge in [-0.05, 0) is 75.5 Å². The van der Waals surface area contributed by atoms with Crippen LogP contribution in [0.15, 0.2) is 45.8 Å². The van der Waals surface area contributed by atoms with Gasteiger partial charge in [-0.1, -0.05) is 44.1 Å². The van der Waals surface area contributed by atoms with Gasteiger partial charge in [-0.15, -0.1) is 0 Å². The molecule has 5 aliphatic heterocycles. The van der Waals surface area contributed by atoms with E-state index in [1.165, 1.54) is 13.8 Å². The molecule has 16 unspecified atom stereocenters. The molecule has 0 aromatic rings. The minimum Gasteiger partial charge on any atom is -0.504 e. The van der Waals surface area contributed by atoms with Crippen LogP contribution in [-0.4, -0.2) is 105 Å². The van der Waals surface area contributed by atoms with Crippen molar-refractivity contribution >= 4 is 29.0 Å². The second-order valence-electron chi connectivity index (χ2n) is 18.9. The van der Waals surface area contributed by atoms with E-state index >= 15 is 14.4 Å². The fourth-order valence-electron chi connectivity index (χ4n) is 14.9. The van der Waals surface area contributed by atoms with E-state index in [0.29, 0.717) is 12.8 Å². The molecule has 5 saturated heterocycles. The molecule has 55 heavy (non-hydrogen) atoms. The Kier molecular flexibility index (Phi) is 6.81.